The summed E-state index contributed by atoms with van der Waals surface area (Å²) in [5.41, 5.74) is 2.71. The van der Waals surface area contributed by atoms with Gasteiger partial charge >= 0.3 is 0 Å². The first-order valence-corrected chi connectivity index (χ1v) is 12.4. The summed E-state index contributed by atoms with van der Waals surface area (Å²) in [4.78, 5) is 30.0. The van der Waals surface area contributed by atoms with Crippen molar-refractivity contribution in [3.63, 3.8) is 0 Å². The van der Waals surface area contributed by atoms with Crippen molar-refractivity contribution < 1.29 is 14.0 Å². The Hall–Kier alpha value is -2.73. The van der Waals surface area contributed by atoms with Crippen LogP contribution in [0.15, 0.2) is 48.5 Å². The molecule has 5 nitrogen and oxygen atoms in total. The maximum Gasteiger partial charge on any atom is 0.253 e. The van der Waals surface area contributed by atoms with Gasteiger partial charge in [0, 0.05) is 36.3 Å². The van der Waals surface area contributed by atoms with Crippen LogP contribution in [-0.4, -0.2) is 53.8 Å². The van der Waals surface area contributed by atoms with Crippen molar-refractivity contribution in [2.45, 2.75) is 57.9 Å². The van der Waals surface area contributed by atoms with Crippen molar-refractivity contribution >= 4 is 17.5 Å². The number of benzene rings is 2. The number of anilines is 1. The number of hydrogen-bond acceptors (Lipinski definition) is 3. The summed E-state index contributed by atoms with van der Waals surface area (Å²) in [6, 6.07) is 14.4. The molecule has 2 aliphatic rings. The minimum Gasteiger partial charge on any atom is -0.339 e. The second-order valence-corrected chi connectivity index (χ2v) is 10.7. The number of hydrogen-bond donors (Lipinski definition) is 1. The molecular weight excluding hydrogens is 429 g/mol. The van der Waals surface area contributed by atoms with Crippen molar-refractivity contribution in [1.82, 2.24) is 9.80 Å². The Kier molecular flexibility index (Phi) is 7.36. The standard InChI is InChI=1S/C28H36FN3O2/c1-28(2,3)22-6-4-21(5-7-22)27(34)32-18-14-25(15-19-32)31-16-12-20(13-17-31)26(33)30-24-10-8-23(29)9-11-24/h4-11,20,25H,12-19H2,1-3H3,(H,30,33). The molecule has 6 heteroatoms. The Labute approximate surface area is 202 Å². The monoisotopic (exact) mass is 465 g/mol. The van der Waals surface area contributed by atoms with E-state index in [0.29, 0.717) is 11.7 Å². The van der Waals surface area contributed by atoms with Crippen LogP contribution in [0.2, 0.25) is 0 Å². The van der Waals surface area contributed by atoms with E-state index in [1.807, 2.05) is 17.0 Å². The normalized spacial score (nSPS) is 18.6. The fraction of sp³-hybridized carbons (Fsp3) is 0.500. The highest BCUT2D eigenvalue weighted by atomic mass is 19.1. The number of piperidine rings is 2. The summed E-state index contributed by atoms with van der Waals surface area (Å²) in [7, 11) is 0. The molecule has 2 amide bonds. The van der Waals surface area contributed by atoms with Gasteiger partial charge in [0.05, 0.1) is 0 Å². The van der Waals surface area contributed by atoms with Gasteiger partial charge in [-0.15, -0.1) is 0 Å². The highest BCUT2D eigenvalue weighted by Crippen LogP contribution is 2.26. The molecule has 2 aliphatic heterocycles. The molecule has 1 N–H and O–H groups in total. The van der Waals surface area contributed by atoms with Crippen molar-refractivity contribution in [1.29, 1.82) is 0 Å². The molecule has 2 heterocycles. The molecule has 2 aromatic carbocycles. The van der Waals surface area contributed by atoms with Gasteiger partial charge in [0.25, 0.3) is 5.91 Å². The van der Waals surface area contributed by atoms with Gasteiger partial charge in [-0.05, 0) is 86.1 Å². The van der Waals surface area contributed by atoms with Gasteiger partial charge in [-0.25, -0.2) is 4.39 Å². The van der Waals surface area contributed by atoms with Crippen LogP contribution in [0.1, 0.15) is 62.4 Å². The third-order valence-electron chi connectivity index (χ3n) is 7.28. The average molecular weight is 466 g/mol. The molecular formula is C28H36FN3O2. The van der Waals surface area contributed by atoms with E-state index in [1.165, 1.54) is 17.7 Å². The molecule has 0 unspecified atom stereocenters. The van der Waals surface area contributed by atoms with Gasteiger partial charge in [-0.2, -0.15) is 0 Å². The van der Waals surface area contributed by atoms with Gasteiger partial charge in [-0.1, -0.05) is 32.9 Å². The summed E-state index contributed by atoms with van der Waals surface area (Å²) in [6.07, 6.45) is 3.59. The van der Waals surface area contributed by atoms with Gasteiger partial charge < -0.3 is 15.1 Å². The first-order valence-electron chi connectivity index (χ1n) is 12.4. The summed E-state index contributed by atoms with van der Waals surface area (Å²) >= 11 is 0. The quantitative estimate of drug-likeness (QED) is 0.685. The maximum atomic E-state index is 13.1. The topological polar surface area (TPSA) is 52.7 Å². The number of nitrogens with one attached hydrogen (secondary N) is 1. The number of likely N-dealkylation sites (tertiary alicyclic amines) is 2. The third kappa shape index (κ3) is 5.84. The smallest absolute Gasteiger partial charge is 0.253 e. The highest BCUT2D eigenvalue weighted by molar-refractivity contribution is 5.94. The SMILES string of the molecule is CC(C)(C)c1ccc(C(=O)N2CCC(N3CCC(C(=O)Nc4ccc(F)cc4)CC3)CC2)cc1. The van der Waals surface area contributed by atoms with Crippen LogP contribution in [0, 0.1) is 11.7 Å². The predicted molar refractivity (Wildman–Crippen MR) is 133 cm³/mol. The van der Waals surface area contributed by atoms with Gasteiger partial charge in [0.1, 0.15) is 5.82 Å². The van der Waals surface area contributed by atoms with E-state index in [2.05, 4.69) is 43.1 Å². The predicted octanol–water partition coefficient (Wildman–Crippen LogP) is 5.08. The van der Waals surface area contributed by atoms with E-state index in [4.69, 9.17) is 0 Å². The third-order valence-corrected chi connectivity index (χ3v) is 7.28. The van der Waals surface area contributed by atoms with Crippen LogP contribution in [0.4, 0.5) is 10.1 Å². The summed E-state index contributed by atoms with van der Waals surface area (Å²) in [5, 5.41) is 2.91. The van der Waals surface area contributed by atoms with E-state index in [9.17, 15) is 14.0 Å². The lowest BCUT2D eigenvalue weighted by Crippen LogP contribution is -2.49. The molecule has 4 rings (SSSR count). The van der Waals surface area contributed by atoms with Gasteiger partial charge in [0.2, 0.25) is 5.91 Å². The number of rotatable bonds is 4. The van der Waals surface area contributed by atoms with Crippen LogP contribution >= 0.6 is 0 Å². The number of amides is 2. The van der Waals surface area contributed by atoms with Crippen molar-refractivity contribution in [3.8, 4) is 0 Å². The van der Waals surface area contributed by atoms with E-state index in [-0.39, 0.29) is 29.0 Å². The van der Waals surface area contributed by atoms with E-state index < -0.39 is 0 Å². The van der Waals surface area contributed by atoms with E-state index in [0.717, 1.165) is 57.4 Å². The molecule has 2 fully saturated rings. The first-order chi connectivity index (χ1) is 16.2. The Morgan fingerprint density at radius 3 is 2.00 bits per heavy atom. The van der Waals surface area contributed by atoms with Crippen LogP contribution < -0.4 is 5.32 Å². The summed E-state index contributed by atoms with van der Waals surface area (Å²) in [5.74, 6) is -0.184. The Morgan fingerprint density at radius 2 is 1.44 bits per heavy atom. The minimum atomic E-state index is -0.308. The first kappa shape index (κ1) is 24.4. The molecule has 2 aromatic rings. The van der Waals surface area contributed by atoms with Crippen LogP contribution in [0.25, 0.3) is 0 Å². The van der Waals surface area contributed by atoms with Gasteiger partial charge in [0.15, 0.2) is 0 Å². The minimum absolute atomic E-state index is 0.0148. The lowest BCUT2D eigenvalue weighted by Gasteiger charge is -2.41. The molecule has 0 radical (unpaired) electrons. The second-order valence-electron chi connectivity index (χ2n) is 10.7. The molecule has 0 aliphatic carbocycles. The number of carbonyl (C=O) groups is 2. The Bertz CT molecular complexity index is 982. The molecule has 0 aromatic heterocycles. The van der Waals surface area contributed by atoms with Crippen molar-refractivity contribution in [2.75, 3.05) is 31.5 Å². The molecule has 0 spiro atoms. The van der Waals surface area contributed by atoms with Crippen LogP contribution in [0.3, 0.4) is 0 Å². The zero-order valence-electron chi connectivity index (χ0n) is 20.5. The lowest BCUT2D eigenvalue weighted by molar-refractivity contribution is -0.121. The number of nitrogens with zero attached hydrogens (tertiary/aromatic N) is 2. The zero-order valence-corrected chi connectivity index (χ0v) is 20.5. The molecule has 182 valence electrons. The van der Waals surface area contributed by atoms with Crippen molar-refractivity contribution in [3.05, 3.63) is 65.5 Å². The highest BCUT2D eigenvalue weighted by Gasteiger charge is 2.32. The number of carbonyl (C=O) groups excluding carboxylic acids is 2. The Morgan fingerprint density at radius 1 is 0.853 bits per heavy atom. The van der Waals surface area contributed by atoms with Crippen LogP contribution in [-0.2, 0) is 10.2 Å². The molecule has 0 atom stereocenters. The summed E-state index contributed by atoms with van der Waals surface area (Å²) < 4.78 is 13.1. The van der Waals surface area contributed by atoms with Crippen LogP contribution in [0.5, 0.6) is 0 Å². The summed E-state index contributed by atoms with van der Waals surface area (Å²) in [6.45, 7) is 9.87. The fourth-order valence-electron chi connectivity index (χ4n) is 5.03. The van der Waals surface area contributed by atoms with Gasteiger partial charge in [-0.3, -0.25) is 9.59 Å². The largest absolute Gasteiger partial charge is 0.339 e. The van der Waals surface area contributed by atoms with E-state index >= 15 is 0 Å². The molecule has 0 bridgehead atoms. The Balaban J connectivity index is 1.23. The number of halogens is 1. The average Bonchev–Trinajstić information content (AvgIpc) is 2.85. The maximum absolute atomic E-state index is 13.1. The molecule has 0 saturated carbocycles. The zero-order chi connectivity index (χ0) is 24.3. The van der Waals surface area contributed by atoms with E-state index in [1.54, 1.807) is 12.1 Å². The molecule has 2 saturated heterocycles. The second kappa shape index (κ2) is 10.3. The lowest BCUT2D eigenvalue weighted by atomic mass is 9.86. The van der Waals surface area contributed by atoms with Crippen molar-refractivity contribution in [2.24, 2.45) is 5.92 Å². The molecule has 34 heavy (non-hydrogen) atoms. The fourth-order valence-corrected chi connectivity index (χ4v) is 5.03.